The highest BCUT2D eigenvalue weighted by Gasteiger charge is 2.27. The molecule has 0 saturated carbocycles. The Morgan fingerprint density at radius 3 is 2.79 bits per heavy atom. The topological polar surface area (TPSA) is 91.6 Å². The van der Waals surface area contributed by atoms with Crippen molar-refractivity contribution in [2.75, 3.05) is 26.2 Å². The Hall–Kier alpha value is -1.91. The first-order valence-electron chi connectivity index (χ1n) is 10.2. The van der Waals surface area contributed by atoms with Gasteiger partial charge in [0.15, 0.2) is 5.96 Å². The highest BCUT2D eigenvalue weighted by atomic mass is 32.2. The van der Waals surface area contributed by atoms with Crippen molar-refractivity contribution in [2.45, 2.75) is 49.9 Å². The lowest BCUT2D eigenvalue weighted by Crippen LogP contribution is -2.38. The van der Waals surface area contributed by atoms with Crippen LogP contribution in [0.2, 0.25) is 0 Å². The Kier molecular flexibility index (Phi) is 8.08. The number of piperidine rings is 1. The molecule has 2 N–H and O–H groups in total. The zero-order valence-electron chi connectivity index (χ0n) is 16.9. The molecule has 1 aliphatic rings. The van der Waals surface area contributed by atoms with Crippen molar-refractivity contribution in [3.05, 3.63) is 35.5 Å². The van der Waals surface area contributed by atoms with E-state index in [2.05, 4.69) is 20.7 Å². The molecule has 1 fully saturated rings. The molecule has 3 heterocycles. The molecule has 0 amide bonds. The summed E-state index contributed by atoms with van der Waals surface area (Å²) < 4.78 is 29.5. The van der Waals surface area contributed by atoms with Crippen LogP contribution in [0, 0.1) is 0 Å². The summed E-state index contributed by atoms with van der Waals surface area (Å²) in [5.41, 5.74) is 0. The summed E-state index contributed by atoms with van der Waals surface area (Å²) in [7, 11) is -3.37. The molecule has 2 aromatic heterocycles. The Bertz CT molecular complexity index is 870. The van der Waals surface area contributed by atoms with Gasteiger partial charge in [-0.05, 0) is 44.4 Å². The molecule has 0 aromatic carbocycles. The first-order valence-corrected chi connectivity index (χ1v) is 12.4. The molecule has 2 aromatic rings. The quantitative estimate of drug-likeness (QED) is 0.356. The Morgan fingerprint density at radius 1 is 1.24 bits per heavy atom. The molecule has 8 nitrogen and oxygen atoms in total. The van der Waals surface area contributed by atoms with Crippen LogP contribution >= 0.6 is 11.3 Å². The van der Waals surface area contributed by atoms with Gasteiger partial charge in [-0.2, -0.15) is 9.40 Å². The minimum Gasteiger partial charge on any atom is -0.357 e. The molecule has 3 rings (SSSR count). The molecule has 10 heteroatoms. The average molecular weight is 439 g/mol. The summed E-state index contributed by atoms with van der Waals surface area (Å²) in [4.78, 5) is 5.54. The Labute approximate surface area is 177 Å². The molecule has 1 aliphatic heterocycles. The van der Waals surface area contributed by atoms with Crippen molar-refractivity contribution >= 4 is 27.3 Å². The second-order valence-electron chi connectivity index (χ2n) is 6.93. The zero-order chi connectivity index (χ0) is 20.5. The van der Waals surface area contributed by atoms with Gasteiger partial charge in [-0.1, -0.05) is 6.42 Å². The summed E-state index contributed by atoms with van der Waals surface area (Å²) in [6.07, 6.45) is 7.66. The lowest BCUT2D eigenvalue weighted by molar-refractivity contribution is 0.347. The van der Waals surface area contributed by atoms with Gasteiger partial charge in [0.2, 0.25) is 0 Å². The Morgan fingerprint density at radius 2 is 2.07 bits per heavy atom. The van der Waals surface area contributed by atoms with Crippen molar-refractivity contribution in [3.8, 4) is 0 Å². The number of aryl methyl sites for hydroxylation is 1. The van der Waals surface area contributed by atoms with Crippen molar-refractivity contribution in [1.82, 2.24) is 24.7 Å². The van der Waals surface area contributed by atoms with E-state index in [0.717, 1.165) is 56.2 Å². The zero-order valence-corrected chi connectivity index (χ0v) is 18.5. The molecule has 0 unspecified atom stereocenters. The first kappa shape index (κ1) is 21.8. The number of aliphatic imine (C=N–C) groups is 1. The van der Waals surface area contributed by atoms with E-state index in [1.807, 2.05) is 29.9 Å². The number of guanidine groups is 1. The third-order valence-corrected chi connectivity index (χ3v) is 8.14. The lowest BCUT2D eigenvalue weighted by Gasteiger charge is -2.25. The van der Waals surface area contributed by atoms with Gasteiger partial charge in [0.05, 0.1) is 6.54 Å². The minimum atomic E-state index is -3.37. The van der Waals surface area contributed by atoms with Crippen LogP contribution in [-0.4, -0.2) is 54.6 Å². The van der Waals surface area contributed by atoms with E-state index >= 15 is 0 Å². The van der Waals surface area contributed by atoms with E-state index in [9.17, 15) is 8.42 Å². The van der Waals surface area contributed by atoms with Gasteiger partial charge < -0.3 is 10.6 Å². The molecule has 1 saturated heterocycles. The van der Waals surface area contributed by atoms with Crippen LogP contribution < -0.4 is 10.6 Å². The second kappa shape index (κ2) is 10.7. The average Bonchev–Trinajstić information content (AvgIpc) is 3.42. The molecule has 0 radical (unpaired) electrons. The van der Waals surface area contributed by atoms with E-state index in [1.54, 1.807) is 16.6 Å². The van der Waals surface area contributed by atoms with E-state index in [1.165, 1.54) is 11.3 Å². The molecule has 0 atom stereocenters. The van der Waals surface area contributed by atoms with E-state index < -0.39 is 10.0 Å². The summed E-state index contributed by atoms with van der Waals surface area (Å²) in [6, 6.07) is 5.50. The number of hydrogen-bond acceptors (Lipinski definition) is 5. The van der Waals surface area contributed by atoms with Crippen molar-refractivity contribution in [1.29, 1.82) is 0 Å². The Balaban J connectivity index is 1.53. The van der Waals surface area contributed by atoms with Gasteiger partial charge in [0.1, 0.15) is 4.21 Å². The minimum absolute atomic E-state index is 0.418. The summed E-state index contributed by atoms with van der Waals surface area (Å²) in [5.74, 6) is 0.738. The molecule has 160 valence electrons. The largest absolute Gasteiger partial charge is 0.357 e. The summed E-state index contributed by atoms with van der Waals surface area (Å²) >= 11 is 1.32. The SMILES string of the molecule is CCNC(=NCc1ccc(S(=O)(=O)N2CCCCC2)s1)NCCCn1cccn1. The monoisotopic (exact) mass is 438 g/mol. The van der Waals surface area contributed by atoms with Crippen LogP contribution in [0.4, 0.5) is 0 Å². The molecular formula is C19H30N6O2S2. The van der Waals surface area contributed by atoms with Crippen LogP contribution in [-0.2, 0) is 23.1 Å². The maximum absolute atomic E-state index is 12.8. The number of aromatic nitrogens is 2. The maximum Gasteiger partial charge on any atom is 0.252 e. The van der Waals surface area contributed by atoms with Crippen LogP contribution in [0.15, 0.2) is 39.8 Å². The standard InChI is InChI=1S/C19H30N6O2S2/c1-2-20-19(21-10-6-12-24-13-7-11-23-24)22-16-17-8-9-18(28-17)29(26,27)25-14-4-3-5-15-25/h7-9,11,13H,2-6,10,12,14-16H2,1H3,(H2,20,21,22). The third-order valence-electron chi connectivity index (χ3n) is 4.70. The summed E-state index contributed by atoms with van der Waals surface area (Å²) in [5, 5.41) is 10.7. The third kappa shape index (κ3) is 6.28. The number of nitrogens with zero attached hydrogens (tertiary/aromatic N) is 4. The summed E-state index contributed by atoms with van der Waals surface area (Å²) in [6.45, 7) is 6.13. The molecule has 0 bridgehead atoms. The first-order chi connectivity index (χ1) is 14.1. The van der Waals surface area contributed by atoms with Crippen molar-refractivity contribution < 1.29 is 8.42 Å². The second-order valence-corrected chi connectivity index (χ2v) is 10.3. The number of hydrogen-bond donors (Lipinski definition) is 2. The van der Waals surface area contributed by atoms with Crippen molar-refractivity contribution in [3.63, 3.8) is 0 Å². The smallest absolute Gasteiger partial charge is 0.252 e. The van der Waals surface area contributed by atoms with Gasteiger partial charge in [-0.25, -0.2) is 13.4 Å². The van der Waals surface area contributed by atoms with Gasteiger partial charge in [0.25, 0.3) is 10.0 Å². The fraction of sp³-hybridized carbons (Fsp3) is 0.579. The van der Waals surface area contributed by atoms with E-state index in [-0.39, 0.29) is 0 Å². The number of rotatable bonds is 9. The van der Waals surface area contributed by atoms with Gasteiger partial charge in [0, 0.05) is 50.0 Å². The maximum atomic E-state index is 12.8. The fourth-order valence-corrected chi connectivity index (χ4v) is 6.15. The fourth-order valence-electron chi connectivity index (χ4n) is 3.19. The predicted octanol–water partition coefficient (Wildman–Crippen LogP) is 2.26. The van der Waals surface area contributed by atoms with Gasteiger partial charge >= 0.3 is 0 Å². The van der Waals surface area contributed by atoms with E-state index in [4.69, 9.17) is 0 Å². The molecule has 0 spiro atoms. The van der Waals surface area contributed by atoms with Gasteiger partial charge in [-0.3, -0.25) is 4.68 Å². The normalized spacial score (nSPS) is 16.1. The van der Waals surface area contributed by atoms with Gasteiger partial charge in [-0.15, -0.1) is 11.3 Å². The molecule has 29 heavy (non-hydrogen) atoms. The highest BCUT2D eigenvalue weighted by Crippen LogP contribution is 2.27. The molecule has 0 aliphatic carbocycles. The number of sulfonamides is 1. The van der Waals surface area contributed by atoms with Crippen molar-refractivity contribution in [2.24, 2.45) is 4.99 Å². The van der Waals surface area contributed by atoms with Crippen LogP contribution in [0.5, 0.6) is 0 Å². The molecular weight excluding hydrogens is 408 g/mol. The van der Waals surface area contributed by atoms with Crippen LogP contribution in [0.1, 0.15) is 37.5 Å². The lowest BCUT2D eigenvalue weighted by atomic mass is 10.2. The van der Waals surface area contributed by atoms with Crippen LogP contribution in [0.25, 0.3) is 0 Å². The number of nitrogens with one attached hydrogen (secondary N) is 2. The number of thiophene rings is 1. The highest BCUT2D eigenvalue weighted by molar-refractivity contribution is 7.91. The predicted molar refractivity (Wildman–Crippen MR) is 117 cm³/mol. The van der Waals surface area contributed by atoms with Crippen LogP contribution in [0.3, 0.4) is 0 Å². The van der Waals surface area contributed by atoms with E-state index in [0.29, 0.717) is 23.8 Å².